The van der Waals surface area contributed by atoms with Crippen LogP contribution in [0.4, 0.5) is 0 Å². The molecule has 0 bridgehead atoms. The number of fused-ring (bicyclic) bond motifs is 1. The highest BCUT2D eigenvalue weighted by molar-refractivity contribution is 5.86. The van der Waals surface area contributed by atoms with Crippen molar-refractivity contribution in [2.75, 3.05) is 0 Å². The quantitative estimate of drug-likeness (QED) is 0.472. The summed E-state index contributed by atoms with van der Waals surface area (Å²) in [6.07, 6.45) is 1.95. The Bertz CT molecular complexity index is 1050. The molecule has 1 atom stereocenters. The van der Waals surface area contributed by atoms with Gasteiger partial charge in [0.15, 0.2) is 0 Å². The fourth-order valence-corrected chi connectivity index (χ4v) is 3.51. The van der Waals surface area contributed by atoms with E-state index in [0.29, 0.717) is 0 Å². The summed E-state index contributed by atoms with van der Waals surface area (Å²) >= 11 is 0. The van der Waals surface area contributed by atoms with Gasteiger partial charge in [0.2, 0.25) is 0 Å². The van der Waals surface area contributed by atoms with Crippen LogP contribution in [0.5, 0.6) is 0 Å². The minimum atomic E-state index is 0.279. The average Bonchev–Trinajstić information content (AvgIpc) is 2.72. The lowest BCUT2D eigenvalue weighted by Crippen LogP contribution is -2.18. The molecule has 0 amide bonds. The molecule has 1 aromatic heterocycles. The Labute approximate surface area is 160 Å². The Hall–Kier alpha value is -2.97. The van der Waals surface area contributed by atoms with Crippen LogP contribution in [0.25, 0.3) is 21.9 Å². The number of nitrogens with zero attached hydrogens (tertiary/aromatic N) is 1. The number of hydrogen-bond donors (Lipinski definition) is 1. The highest BCUT2D eigenvalue weighted by Crippen LogP contribution is 2.25. The van der Waals surface area contributed by atoms with Crippen molar-refractivity contribution in [2.45, 2.75) is 26.4 Å². The molecule has 0 fully saturated rings. The fraction of sp³-hybridized carbons (Fsp3) is 0.160. The summed E-state index contributed by atoms with van der Waals surface area (Å²) in [6.45, 7) is 5.08. The third-order valence-electron chi connectivity index (χ3n) is 5.07. The van der Waals surface area contributed by atoms with Gasteiger partial charge in [0.1, 0.15) is 0 Å². The monoisotopic (exact) mass is 352 g/mol. The predicted octanol–water partition coefficient (Wildman–Crippen LogP) is 6.06. The molecular formula is C25H24N2. The first-order valence-electron chi connectivity index (χ1n) is 9.44. The lowest BCUT2D eigenvalue weighted by Gasteiger charge is -2.17. The molecule has 2 heteroatoms. The van der Waals surface area contributed by atoms with E-state index in [9.17, 15) is 0 Å². The topological polar surface area (TPSA) is 24.9 Å². The van der Waals surface area contributed by atoms with Crippen LogP contribution in [0.15, 0.2) is 85.1 Å². The van der Waals surface area contributed by atoms with Crippen molar-refractivity contribution in [3.63, 3.8) is 0 Å². The summed E-state index contributed by atoms with van der Waals surface area (Å²) in [5.41, 5.74) is 6.02. The van der Waals surface area contributed by atoms with Crippen molar-refractivity contribution in [2.24, 2.45) is 0 Å². The van der Waals surface area contributed by atoms with Crippen molar-refractivity contribution in [3.05, 3.63) is 102 Å². The van der Waals surface area contributed by atoms with Crippen molar-refractivity contribution in [1.82, 2.24) is 10.3 Å². The van der Waals surface area contributed by atoms with Crippen LogP contribution in [-0.2, 0) is 6.54 Å². The Morgan fingerprint density at radius 1 is 0.852 bits per heavy atom. The SMILES string of the molecule is Cc1ccc(-c2cccc(CN[C@H](C)c3cccc4ccccc34)c2)cn1. The molecule has 0 spiro atoms. The summed E-state index contributed by atoms with van der Waals surface area (Å²) < 4.78 is 0. The normalized spacial score (nSPS) is 12.2. The number of pyridine rings is 1. The molecule has 0 saturated carbocycles. The number of aromatic nitrogens is 1. The zero-order chi connectivity index (χ0) is 18.6. The van der Waals surface area contributed by atoms with E-state index >= 15 is 0 Å². The zero-order valence-electron chi connectivity index (χ0n) is 15.8. The average molecular weight is 352 g/mol. The van der Waals surface area contributed by atoms with Gasteiger partial charge in [-0.1, -0.05) is 66.7 Å². The first-order chi connectivity index (χ1) is 13.2. The van der Waals surface area contributed by atoms with Gasteiger partial charge < -0.3 is 5.32 Å². The predicted molar refractivity (Wildman–Crippen MR) is 114 cm³/mol. The third-order valence-corrected chi connectivity index (χ3v) is 5.07. The van der Waals surface area contributed by atoms with Crippen LogP contribution in [-0.4, -0.2) is 4.98 Å². The molecule has 0 radical (unpaired) electrons. The number of nitrogens with one attached hydrogen (secondary N) is 1. The maximum Gasteiger partial charge on any atom is 0.0373 e. The first kappa shape index (κ1) is 17.4. The molecule has 1 heterocycles. The van der Waals surface area contributed by atoms with Gasteiger partial charge in [-0.25, -0.2) is 0 Å². The smallest absolute Gasteiger partial charge is 0.0373 e. The molecule has 0 aliphatic carbocycles. The van der Waals surface area contributed by atoms with Gasteiger partial charge in [-0.15, -0.1) is 0 Å². The van der Waals surface area contributed by atoms with E-state index in [-0.39, 0.29) is 6.04 Å². The molecule has 0 saturated heterocycles. The van der Waals surface area contributed by atoms with E-state index < -0.39 is 0 Å². The molecule has 4 rings (SSSR count). The van der Waals surface area contributed by atoms with Crippen LogP contribution in [0, 0.1) is 6.92 Å². The number of aryl methyl sites for hydroxylation is 1. The summed E-state index contributed by atoms with van der Waals surface area (Å²) in [5.74, 6) is 0. The molecule has 27 heavy (non-hydrogen) atoms. The number of hydrogen-bond acceptors (Lipinski definition) is 2. The fourth-order valence-electron chi connectivity index (χ4n) is 3.51. The van der Waals surface area contributed by atoms with E-state index in [2.05, 4.69) is 96.1 Å². The van der Waals surface area contributed by atoms with E-state index in [4.69, 9.17) is 0 Å². The van der Waals surface area contributed by atoms with Crippen LogP contribution in [0.1, 0.15) is 29.8 Å². The molecule has 0 aliphatic heterocycles. The zero-order valence-corrected chi connectivity index (χ0v) is 15.8. The van der Waals surface area contributed by atoms with E-state index in [0.717, 1.165) is 17.8 Å². The molecule has 3 aromatic carbocycles. The highest BCUT2D eigenvalue weighted by Gasteiger charge is 2.09. The molecule has 134 valence electrons. The second kappa shape index (κ2) is 7.73. The minimum absolute atomic E-state index is 0.279. The van der Waals surface area contributed by atoms with Gasteiger partial charge in [0, 0.05) is 30.0 Å². The largest absolute Gasteiger partial charge is 0.306 e. The van der Waals surface area contributed by atoms with Crippen LogP contribution < -0.4 is 5.32 Å². The molecule has 0 aliphatic rings. The summed E-state index contributed by atoms with van der Waals surface area (Å²) in [6, 6.07) is 28.3. The van der Waals surface area contributed by atoms with Gasteiger partial charge >= 0.3 is 0 Å². The Morgan fingerprint density at radius 3 is 2.52 bits per heavy atom. The Kier molecular flexibility index (Phi) is 4.99. The van der Waals surface area contributed by atoms with Crippen LogP contribution in [0.3, 0.4) is 0 Å². The Morgan fingerprint density at radius 2 is 1.67 bits per heavy atom. The van der Waals surface area contributed by atoms with Gasteiger partial charge in [-0.2, -0.15) is 0 Å². The van der Waals surface area contributed by atoms with E-state index in [1.807, 2.05) is 13.1 Å². The molecule has 1 N–H and O–H groups in total. The van der Waals surface area contributed by atoms with Gasteiger partial charge in [-0.05, 0) is 53.4 Å². The molecule has 4 aromatic rings. The third kappa shape index (κ3) is 3.91. The second-order valence-electron chi connectivity index (χ2n) is 7.06. The van der Waals surface area contributed by atoms with Crippen molar-refractivity contribution in [1.29, 1.82) is 0 Å². The first-order valence-corrected chi connectivity index (χ1v) is 9.44. The lowest BCUT2D eigenvalue weighted by molar-refractivity contribution is 0.578. The summed E-state index contributed by atoms with van der Waals surface area (Å²) in [7, 11) is 0. The second-order valence-corrected chi connectivity index (χ2v) is 7.06. The van der Waals surface area contributed by atoms with Crippen molar-refractivity contribution < 1.29 is 0 Å². The van der Waals surface area contributed by atoms with Crippen molar-refractivity contribution >= 4 is 10.8 Å². The maximum absolute atomic E-state index is 4.41. The highest BCUT2D eigenvalue weighted by atomic mass is 14.9. The molecule has 2 nitrogen and oxygen atoms in total. The van der Waals surface area contributed by atoms with Crippen LogP contribution in [0.2, 0.25) is 0 Å². The lowest BCUT2D eigenvalue weighted by atomic mass is 9.99. The number of benzene rings is 3. The van der Waals surface area contributed by atoms with Gasteiger partial charge in [0.05, 0.1) is 0 Å². The number of rotatable bonds is 5. The van der Waals surface area contributed by atoms with E-state index in [1.54, 1.807) is 0 Å². The molecular weight excluding hydrogens is 328 g/mol. The minimum Gasteiger partial charge on any atom is -0.306 e. The van der Waals surface area contributed by atoms with Crippen LogP contribution >= 0.6 is 0 Å². The molecule has 0 unspecified atom stereocenters. The standard InChI is InChI=1S/C25H24N2/c1-18-13-14-23(17-26-18)22-10-5-7-20(15-22)16-27-19(2)24-12-6-9-21-8-3-4-11-25(21)24/h3-15,17,19,27H,16H2,1-2H3/t19-/m1/s1. The van der Waals surface area contributed by atoms with Gasteiger partial charge in [0.25, 0.3) is 0 Å². The van der Waals surface area contributed by atoms with E-state index in [1.165, 1.54) is 27.5 Å². The van der Waals surface area contributed by atoms with Gasteiger partial charge in [-0.3, -0.25) is 4.98 Å². The summed E-state index contributed by atoms with van der Waals surface area (Å²) in [5, 5.41) is 6.29. The van der Waals surface area contributed by atoms with Crippen molar-refractivity contribution in [3.8, 4) is 11.1 Å². The summed E-state index contributed by atoms with van der Waals surface area (Å²) in [4.78, 5) is 4.41. The Balaban J connectivity index is 1.51. The maximum atomic E-state index is 4.41.